The fourth-order valence-corrected chi connectivity index (χ4v) is 1.44. The van der Waals surface area contributed by atoms with Crippen LogP contribution in [-0.2, 0) is 9.47 Å². The van der Waals surface area contributed by atoms with E-state index in [4.69, 9.17) is 9.47 Å². The molecule has 2 aliphatic rings. The molecule has 2 heteroatoms. The van der Waals surface area contributed by atoms with E-state index in [1.165, 1.54) is 18.4 Å². The molecule has 0 bridgehead atoms. The molecule has 1 fully saturated rings. The highest BCUT2D eigenvalue weighted by Gasteiger charge is 2.06. The standard InChI is InChI=1S/C6H12O.C6H10O.2C2H6/c2*1-6-2-4-7-5-3-6;2*1-2/h6H,2-5H2,1H3;2H,3-5H2,1H3;2*1-2H3. The fourth-order valence-electron chi connectivity index (χ4n) is 1.44. The van der Waals surface area contributed by atoms with E-state index in [9.17, 15) is 0 Å². The van der Waals surface area contributed by atoms with E-state index in [0.29, 0.717) is 0 Å². The first kappa shape index (κ1) is 20.0. The van der Waals surface area contributed by atoms with Gasteiger partial charge in [-0.2, -0.15) is 0 Å². The van der Waals surface area contributed by atoms with E-state index in [-0.39, 0.29) is 0 Å². The van der Waals surface area contributed by atoms with Crippen molar-refractivity contribution in [3.8, 4) is 0 Å². The molecular formula is C16H34O2. The lowest BCUT2D eigenvalue weighted by molar-refractivity contribution is 0.0716. The fraction of sp³-hybridized carbons (Fsp3) is 0.875. The van der Waals surface area contributed by atoms with Crippen molar-refractivity contribution in [1.29, 1.82) is 0 Å². The summed E-state index contributed by atoms with van der Waals surface area (Å²) in [7, 11) is 0. The van der Waals surface area contributed by atoms with E-state index in [1.54, 1.807) is 0 Å². The molecule has 18 heavy (non-hydrogen) atoms. The molecule has 1 saturated heterocycles. The summed E-state index contributed by atoms with van der Waals surface area (Å²) in [5.74, 6) is 0.911. The third-order valence-corrected chi connectivity index (χ3v) is 2.70. The Morgan fingerprint density at radius 2 is 1.50 bits per heavy atom. The quantitative estimate of drug-likeness (QED) is 0.579. The van der Waals surface area contributed by atoms with Gasteiger partial charge in [0.05, 0.1) is 13.2 Å². The topological polar surface area (TPSA) is 18.5 Å². The maximum Gasteiger partial charge on any atom is 0.0650 e. The van der Waals surface area contributed by atoms with Gasteiger partial charge in [-0.25, -0.2) is 0 Å². The van der Waals surface area contributed by atoms with Crippen LogP contribution in [0.4, 0.5) is 0 Å². The second-order valence-corrected chi connectivity index (χ2v) is 4.17. The second kappa shape index (κ2) is 16.7. The van der Waals surface area contributed by atoms with Crippen LogP contribution in [0.1, 0.15) is 60.8 Å². The molecule has 0 N–H and O–H groups in total. The van der Waals surface area contributed by atoms with Gasteiger partial charge in [0.2, 0.25) is 0 Å². The minimum atomic E-state index is 0.825. The normalized spacial score (nSPS) is 18.9. The molecule has 0 aliphatic carbocycles. The van der Waals surface area contributed by atoms with Crippen molar-refractivity contribution < 1.29 is 9.47 Å². The molecule has 2 rings (SSSR count). The average molecular weight is 258 g/mol. The van der Waals surface area contributed by atoms with Gasteiger partial charge in [-0.15, -0.1) is 0 Å². The number of ether oxygens (including phenoxy) is 2. The van der Waals surface area contributed by atoms with E-state index >= 15 is 0 Å². The van der Waals surface area contributed by atoms with Gasteiger partial charge in [0.15, 0.2) is 0 Å². The average Bonchev–Trinajstić information content (AvgIpc) is 2.46. The van der Waals surface area contributed by atoms with Gasteiger partial charge in [0.1, 0.15) is 0 Å². The van der Waals surface area contributed by atoms with Crippen molar-refractivity contribution in [2.75, 3.05) is 26.4 Å². The van der Waals surface area contributed by atoms with Crippen molar-refractivity contribution in [3.05, 3.63) is 11.6 Å². The predicted molar refractivity (Wildman–Crippen MR) is 81.1 cm³/mol. The highest BCUT2D eigenvalue weighted by atomic mass is 16.5. The molecule has 0 aromatic heterocycles. The van der Waals surface area contributed by atoms with Gasteiger partial charge >= 0.3 is 0 Å². The summed E-state index contributed by atoms with van der Waals surface area (Å²) in [5.41, 5.74) is 1.46. The van der Waals surface area contributed by atoms with E-state index in [1.807, 2.05) is 27.7 Å². The second-order valence-electron chi connectivity index (χ2n) is 4.17. The van der Waals surface area contributed by atoms with E-state index in [2.05, 4.69) is 19.9 Å². The molecular weight excluding hydrogens is 224 g/mol. The van der Waals surface area contributed by atoms with Gasteiger partial charge in [-0.3, -0.25) is 0 Å². The van der Waals surface area contributed by atoms with Crippen LogP contribution in [0.2, 0.25) is 0 Å². The smallest absolute Gasteiger partial charge is 0.0650 e. The molecule has 0 atom stereocenters. The van der Waals surface area contributed by atoms with Crippen molar-refractivity contribution in [1.82, 2.24) is 0 Å². The molecule has 0 aromatic carbocycles. The minimum absolute atomic E-state index is 0.825. The van der Waals surface area contributed by atoms with Crippen LogP contribution < -0.4 is 0 Å². The minimum Gasteiger partial charge on any atom is -0.381 e. The molecule has 0 radical (unpaired) electrons. The number of hydrogen-bond acceptors (Lipinski definition) is 2. The third-order valence-electron chi connectivity index (χ3n) is 2.70. The molecule has 2 heterocycles. The molecule has 0 aromatic rings. The van der Waals surface area contributed by atoms with Crippen LogP contribution in [0.5, 0.6) is 0 Å². The van der Waals surface area contributed by atoms with E-state index in [0.717, 1.165) is 38.8 Å². The summed E-state index contributed by atoms with van der Waals surface area (Å²) < 4.78 is 10.2. The van der Waals surface area contributed by atoms with Crippen LogP contribution in [0.15, 0.2) is 11.6 Å². The third kappa shape index (κ3) is 13.7. The Hall–Kier alpha value is -0.340. The first-order valence-corrected chi connectivity index (χ1v) is 7.60. The molecule has 0 amide bonds. The van der Waals surface area contributed by atoms with Crippen molar-refractivity contribution in [3.63, 3.8) is 0 Å². The Morgan fingerprint density at radius 1 is 0.944 bits per heavy atom. The Balaban J connectivity index is 0. The molecule has 2 aliphatic heterocycles. The molecule has 110 valence electrons. The summed E-state index contributed by atoms with van der Waals surface area (Å²) in [4.78, 5) is 0. The van der Waals surface area contributed by atoms with Crippen LogP contribution in [-0.4, -0.2) is 26.4 Å². The molecule has 0 saturated carbocycles. The zero-order valence-electron chi connectivity index (χ0n) is 13.4. The first-order valence-electron chi connectivity index (χ1n) is 7.60. The maximum absolute atomic E-state index is 5.14. The summed E-state index contributed by atoms with van der Waals surface area (Å²) in [6.45, 7) is 16.1. The summed E-state index contributed by atoms with van der Waals surface area (Å²) in [6.07, 6.45) is 5.78. The van der Waals surface area contributed by atoms with Gasteiger partial charge in [-0.1, -0.05) is 46.3 Å². The summed E-state index contributed by atoms with van der Waals surface area (Å²) in [5, 5.41) is 0. The van der Waals surface area contributed by atoms with Crippen LogP contribution in [0, 0.1) is 5.92 Å². The summed E-state index contributed by atoms with van der Waals surface area (Å²) in [6, 6.07) is 0. The van der Waals surface area contributed by atoms with Crippen LogP contribution in [0.25, 0.3) is 0 Å². The van der Waals surface area contributed by atoms with Gasteiger partial charge in [-0.05, 0) is 32.1 Å². The maximum atomic E-state index is 5.14. The SMILES string of the molecule is CC.CC.CC1=CCOCC1.CC1CCOCC1. The molecule has 2 nitrogen and oxygen atoms in total. The van der Waals surface area contributed by atoms with Gasteiger partial charge in [0.25, 0.3) is 0 Å². The lowest BCUT2D eigenvalue weighted by atomic mass is 10.0. The Morgan fingerprint density at radius 3 is 1.72 bits per heavy atom. The van der Waals surface area contributed by atoms with Crippen molar-refractivity contribution in [2.24, 2.45) is 5.92 Å². The highest BCUT2D eigenvalue weighted by molar-refractivity contribution is 4.99. The van der Waals surface area contributed by atoms with Gasteiger partial charge in [0, 0.05) is 13.2 Å². The number of rotatable bonds is 0. The largest absolute Gasteiger partial charge is 0.381 e. The van der Waals surface area contributed by atoms with Crippen molar-refractivity contribution >= 4 is 0 Å². The number of hydrogen-bond donors (Lipinski definition) is 0. The Kier molecular flexibility index (Phi) is 18.5. The van der Waals surface area contributed by atoms with Crippen LogP contribution in [0.3, 0.4) is 0 Å². The van der Waals surface area contributed by atoms with Crippen LogP contribution >= 0.6 is 0 Å². The lowest BCUT2D eigenvalue weighted by Gasteiger charge is -2.16. The Labute approximate surface area is 115 Å². The summed E-state index contributed by atoms with van der Waals surface area (Å²) >= 11 is 0. The van der Waals surface area contributed by atoms with E-state index < -0.39 is 0 Å². The molecule has 0 unspecified atom stereocenters. The lowest BCUT2D eigenvalue weighted by Crippen LogP contribution is -2.12. The monoisotopic (exact) mass is 258 g/mol. The van der Waals surface area contributed by atoms with Crippen molar-refractivity contribution in [2.45, 2.75) is 60.8 Å². The Bertz CT molecular complexity index is 170. The molecule has 0 spiro atoms. The zero-order valence-corrected chi connectivity index (χ0v) is 13.4. The predicted octanol–water partition coefficient (Wildman–Crippen LogP) is 4.84. The first-order chi connectivity index (χ1) is 8.79. The highest BCUT2D eigenvalue weighted by Crippen LogP contribution is 2.11. The van der Waals surface area contributed by atoms with Gasteiger partial charge < -0.3 is 9.47 Å². The zero-order chi connectivity index (χ0) is 14.2.